The van der Waals surface area contributed by atoms with Gasteiger partial charge in [0.1, 0.15) is 34.1 Å². The van der Waals surface area contributed by atoms with Gasteiger partial charge in [-0.2, -0.15) is 0 Å². The van der Waals surface area contributed by atoms with Crippen LogP contribution in [0.2, 0.25) is 0 Å². The van der Waals surface area contributed by atoms with Crippen LogP contribution in [-0.4, -0.2) is 6.66 Å². The van der Waals surface area contributed by atoms with Crippen molar-refractivity contribution in [3.63, 3.8) is 0 Å². The summed E-state index contributed by atoms with van der Waals surface area (Å²) in [6.07, 6.45) is 0. The molecule has 6 aromatic carbocycles. The monoisotopic (exact) mass is 562 g/mol. The predicted molar refractivity (Wildman–Crippen MR) is 184 cm³/mol. The molecule has 0 aliphatic rings. The third kappa shape index (κ3) is 4.89. The van der Waals surface area contributed by atoms with E-state index in [4.69, 9.17) is 14.1 Å². The Kier molecular flexibility index (Phi) is 7.87. The summed E-state index contributed by atoms with van der Waals surface area (Å²) in [7, 11) is 9.02. The van der Waals surface area contributed by atoms with E-state index in [2.05, 4.69) is 177 Å². The van der Waals surface area contributed by atoms with Crippen molar-refractivity contribution in [1.82, 2.24) is 8.97 Å². The van der Waals surface area contributed by atoms with Gasteiger partial charge >= 0.3 is 0 Å². The van der Waals surface area contributed by atoms with Gasteiger partial charge in [0.05, 0.1) is 0 Å². The fourth-order valence-electron chi connectivity index (χ4n) is 5.86. The zero-order chi connectivity index (χ0) is 29.0. The molecule has 0 spiro atoms. The molecule has 0 N–H and O–H groups in total. The number of benzene rings is 6. The molecule has 0 amide bonds. The van der Waals surface area contributed by atoms with Crippen LogP contribution in [0.15, 0.2) is 170 Å². The molecule has 6 aromatic rings. The summed E-state index contributed by atoms with van der Waals surface area (Å²) < 4.78 is 0.656. The molecule has 6 rings (SSSR count). The number of hydrogen-bond acceptors (Lipinski definition) is 0. The Hall–Kier alpha value is -4.33. The Balaban J connectivity index is 1.57. The average Bonchev–Trinajstić information content (AvgIpc) is 3.09. The van der Waals surface area contributed by atoms with E-state index < -0.39 is 7.92 Å². The summed E-state index contributed by atoms with van der Waals surface area (Å²) >= 11 is 0. The smallest absolute Gasteiger partial charge is 0.124 e. The molecule has 0 aliphatic heterocycles. The highest BCUT2D eigenvalue weighted by Gasteiger charge is 2.33. The van der Waals surface area contributed by atoms with Crippen LogP contribution in [-0.2, 0) is 0 Å². The van der Waals surface area contributed by atoms with Crippen molar-refractivity contribution in [3.8, 4) is 0 Å². The molecule has 0 bridgehead atoms. The average molecular weight is 563 g/mol. The third-order valence-corrected chi connectivity index (χ3v) is 10.3. The van der Waals surface area contributed by atoms with Crippen LogP contribution < -0.4 is 19.6 Å². The lowest BCUT2D eigenvalue weighted by Crippen LogP contribution is -2.37. The molecule has 0 saturated carbocycles. The maximum absolute atomic E-state index is 4.91. The minimum Gasteiger partial charge on any atom is -0.358 e. The minimum absolute atomic E-state index is 0.328. The first kappa shape index (κ1) is 27.8. The first-order chi connectivity index (χ1) is 20.5. The summed E-state index contributed by atoms with van der Waals surface area (Å²) in [6.45, 7) is 2.37. The van der Waals surface area contributed by atoms with Gasteiger partial charge in [0.25, 0.3) is 0 Å². The Bertz CT molecular complexity index is 1540. The Morgan fingerprint density at radius 2 is 0.595 bits per heavy atom. The molecule has 0 aromatic heterocycles. The summed E-state index contributed by atoms with van der Waals surface area (Å²) in [5, 5.41) is 2.57. The molecule has 3 heteroatoms. The van der Waals surface area contributed by atoms with Crippen molar-refractivity contribution >= 4 is 52.7 Å². The highest BCUT2D eigenvalue weighted by Crippen LogP contribution is 2.49. The van der Waals surface area contributed by atoms with Gasteiger partial charge in [-0.05, 0) is 87.4 Å². The molecular weight excluding hydrogens is 527 g/mol. The predicted octanol–water partition coefficient (Wildman–Crippen LogP) is 10.3. The van der Waals surface area contributed by atoms with Crippen molar-refractivity contribution in [2.75, 3.05) is 6.66 Å². The van der Waals surface area contributed by atoms with E-state index in [0.29, 0.717) is 8.97 Å². The van der Waals surface area contributed by atoms with Gasteiger partial charge in [0, 0.05) is 10.6 Å². The lowest BCUT2D eigenvalue weighted by molar-refractivity contribution is 0.685. The number of hydrogen-bond donors (Lipinski definition) is 0. The van der Waals surface area contributed by atoms with Gasteiger partial charge in [0.15, 0.2) is 0 Å². The van der Waals surface area contributed by atoms with Gasteiger partial charge in [-0.15, -0.1) is 14.1 Å². The van der Waals surface area contributed by atoms with Crippen molar-refractivity contribution in [1.29, 1.82) is 0 Å². The molecule has 0 heterocycles. The van der Waals surface area contributed by atoms with E-state index in [1.807, 2.05) is 0 Å². The number of rotatable bonds is 8. The van der Waals surface area contributed by atoms with E-state index in [1.54, 1.807) is 0 Å². The topological polar surface area (TPSA) is 0 Å². The first-order valence-corrected chi connectivity index (χ1v) is 16.0. The van der Waals surface area contributed by atoms with Gasteiger partial charge in [-0.25, -0.2) is 0 Å². The van der Waals surface area contributed by atoms with E-state index in [9.17, 15) is 0 Å². The molecule has 42 heavy (non-hydrogen) atoms. The van der Waals surface area contributed by atoms with Gasteiger partial charge < -0.3 is 8.97 Å². The van der Waals surface area contributed by atoms with E-state index in [-0.39, 0.29) is 0 Å². The fourth-order valence-corrected chi connectivity index (χ4v) is 7.91. The van der Waals surface area contributed by atoms with Gasteiger partial charge in [-0.1, -0.05) is 97.1 Å². The minimum atomic E-state index is -0.814. The number of quaternary nitrogens is 2. The number of nitrogens with zero attached hydrogens (tertiary/aromatic N) is 2. The van der Waals surface area contributed by atoms with Gasteiger partial charge in [-0.3, -0.25) is 0 Å². The molecule has 0 atom stereocenters. The quantitative estimate of drug-likeness (QED) is 0.0983. The van der Waals surface area contributed by atoms with Crippen LogP contribution in [0.4, 0.5) is 34.1 Å². The Morgan fingerprint density at radius 3 is 0.881 bits per heavy atom. The van der Waals surface area contributed by atoms with Crippen LogP contribution in [0.5, 0.6) is 0 Å². The van der Waals surface area contributed by atoms with E-state index in [0.717, 1.165) is 22.7 Å². The summed E-state index contributed by atoms with van der Waals surface area (Å²) in [6, 6.07) is 60.0. The fraction of sp³-hybridized carbons (Fsp3) is 0.0256. The lowest BCUT2D eigenvalue weighted by Gasteiger charge is -2.44. The maximum Gasteiger partial charge on any atom is 0.124 e. The second-order valence-electron chi connectivity index (χ2n) is 10.5. The van der Waals surface area contributed by atoms with Crippen LogP contribution in [0.1, 0.15) is 0 Å². The second-order valence-corrected chi connectivity index (χ2v) is 12.6. The first-order valence-electron chi connectivity index (χ1n) is 14.2. The second kappa shape index (κ2) is 11.9. The summed E-state index contributed by atoms with van der Waals surface area (Å²) in [4.78, 5) is 0. The summed E-state index contributed by atoms with van der Waals surface area (Å²) in [5.74, 6) is 0. The molecule has 0 unspecified atom stereocenters. The largest absolute Gasteiger partial charge is 0.358 e. The van der Waals surface area contributed by atoms with Gasteiger partial charge in [0.2, 0.25) is 0 Å². The molecular formula is C39H35N2P. The standard InChI is InChI=1S/C39H35N2P/c1-40(32-20-8-4-9-21-32,33-22-10-5-11-23-33)36-28-16-18-30-38(36)42(3)39-31-19-17-29-37(39)41(2,34-24-12-6-13-25-34)35-26-14-7-15-27-35/h4-31H,1-2H2,3H3. The van der Waals surface area contributed by atoms with Crippen LogP contribution in [0.3, 0.4) is 0 Å². The SMILES string of the molecule is [CH2-][N+](c1ccccc1)(c1ccccc1)c1ccccc1P(C)c1ccccc1[N+]([CH2-])(c1ccccc1)c1ccccc1. The maximum atomic E-state index is 4.91. The molecule has 206 valence electrons. The molecule has 0 fully saturated rings. The molecule has 0 saturated heterocycles. The summed E-state index contributed by atoms with van der Waals surface area (Å²) in [5.41, 5.74) is 6.79. The van der Waals surface area contributed by atoms with Crippen molar-refractivity contribution in [2.45, 2.75) is 0 Å². The molecule has 2 nitrogen and oxygen atoms in total. The van der Waals surface area contributed by atoms with Crippen molar-refractivity contribution < 1.29 is 0 Å². The Labute approximate surface area is 251 Å². The van der Waals surface area contributed by atoms with Crippen molar-refractivity contribution in [2.24, 2.45) is 0 Å². The highest BCUT2D eigenvalue weighted by molar-refractivity contribution is 7.72. The van der Waals surface area contributed by atoms with Crippen molar-refractivity contribution in [3.05, 3.63) is 184 Å². The zero-order valence-corrected chi connectivity index (χ0v) is 24.8. The van der Waals surface area contributed by atoms with E-state index in [1.165, 1.54) is 22.0 Å². The lowest BCUT2D eigenvalue weighted by atomic mass is 10.1. The normalized spacial score (nSPS) is 11.9. The highest BCUT2D eigenvalue weighted by atomic mass is 31.1. The third-order valence-electron chi connectivity index (χ3n) is 8.10. The van der Waals surface area contributed by atoms with Crippen LogP contribution in [0, 0.1) is 14.1 Å². The Morgan fingerprint density at radius 1 is 0.357 bits per heavy atom. The molecule has 0 radical (unpaired) electrons. The van der Waals surface area contributed by atoms with E-state index >= 15 is 0 Å². The molecule has 0 aliphatic carbocycles. The van der Waals surface area contributed by atoms with Crippen LogP contribution >= 0.6 is 7.92 Å². The number of para-hydroxylation sites is 6. The zero-order valence-electron chi connectivity index (χ0n) is 23.9. The van der Waals surface area contributed by atoms with Crippen LogP contribution in [0.25, 0.3) is 0 Å².